The summed E-state index contributed by atoms with van der Waals surface area (Å²) in [6.07, 6.45) is 0. The zero-order valence-electron chi connectivity index (χ0n) is 22.0. The normalized spacial score (nSPS) is 11.1. The Labute approximate surface area is 240 Å². The van der Waals surface area contributed by atoms with E-state index in [0.717, 1.165) is 11.1 Å². The van der Waals surface area contributed by atoms with Crippen molar-refractivity contribution in [3.8, 4) is 0 Å². The third-order valence-electron chi connectivity index (χ3n) is 4.79. The number of aryl methyl sites for hydroxylation is 2. The molecule has 0 spiro atoms. The highest BCUT2D eigenvalue weighted by atomic mass is 32.2. The second-order valence-electron chi connectivity index (χ2n) is 8.04. The molecule has 14 heteroatoms. The van der Waals surface area contributed by atoms with E-state index in [9.17, 15) is 26.4 Å². The Morgan fingerprint density at radius 3 is 1.20 bits per heavy atom. The first kappa shape index (κ1) is 35.3. The van der Waals surface area contributed by atoms with Crippen LogP contribution in [0.5, 0.6) is 0 Å². The van der Waals surface area contributed by atoms with Gasteiger partial charge in [-0.05, 0) is 51.3 Å². The number of ether oxygens (including phenoxy) is 4. The summed E-state index contributed by atoms with van der Waals surface area (Å²) in [6, 6.07) is 11.7. The fraction of sp³-hybridized carbons (Fsp3) is 0.333. The lowest BCUT2D eigenvalue weighted by atomic mass is 10.2. The molecule has 0 N–H and O–H groups in total. The van der Waals surface area contributed by atoms with Crippen LogP contribution in [-0.2, 0) is 57.1 Å². The summed E-state index contributed by atoms with van der Waals surface area (Å²) in [5.41, 5.74) is 1.71. The quantitative estimate of drug-likeness (QED) is 0.0844. The largest absolute Gasteiger partial charge is 0.457 e. The van der Waals surface area contributed by atoms with Crippen molar-refractivity contribution >= 4 is 32.2 Å². The summed E-state index contributed by atoms with van der Waals surface area (Å²) < 4.78 is 78.3. The Balaban J connectivity index is 0.00000840. The number of rotatable bonds is 17. The molecule has 41 heavy (non-hydrogen) atoms. The molecule has 0 aromatic heterocycles. The van der Waals surface area contributed by atoms with Crippen molar-refractivity contribution in [2.75, 3.05) is 39.6 Å². The Morgan fingerprint density at radius 1 is 0.585 bits per heavy atom. The summed E-state index contributed by atoms with van der Waals surface area (Å²) in [5, 5.41) is 0. The van der Waals surface area contributed by atoms with E-state index in [0.29, 0.717) is 0 Å². The molecule has 0 atom stereocenters. The molecule has 0 bridgehead atoms. The van der Waals surface area contributed by atoms with Crippen LogP contribution >= 0.6 is 0 Å². The second kappa shape index (κ2) is 16.5. The molecule has 226 valence electrons. The van der Waals surface area contributed by atoms with Gasteiger partial charge in [0.15, 0.2) is 0 Å². The minimum atomic E-state index is -4.22. The molecular weight excluding hydrogens is 580 g/mol. The summed E-state index contributed by atoms with van der Waals surface area (Å²) in [7, 11) is -8.44. The van der Waals surface area contributed by atoms with Gasteiger partial charge in [0.05, 0.1) is 26.4 Å². The molecule has 0 radical (unpaired) electrons. The van der Waals surface area contributed by atoms with Crippen LogP contribution in [0.2, 0.25) is 0 Å². The first-order valence-electron chi connectivity index (χ1n) is 11.7. The summed E-state index contributed by atoms with van der Waals surface area (Å²) in [5.74, 6) is -3.51. The highest BCUT2D eigenvalue weighted by molar-refractivity contribution is 7.87. The van der Waals surface area contributed by atoms with E-state index in [2.05, 4.69) is 13.2 Å². The molecular formula is C27H34O12S2. The Morgan fingerprint density at radius 2 is 0.878 bits per heavy atom. The van der Waals surface area contributed by atoms with E-state index >= 15 is 0 Å². The van der Waals surface area contributed by atoms with Gasteiger partial charge in [-0.2, -0.15) is 16.8 Å². The Hall–Kier alpha value is -3.72. The third-order valence-corrected chi connectivity index (χ3v) is 7.33. The van der Waals surface area contributed by atoms with Crippen LogP contribution in [0.1, 0.15) is 18.6 Å². The molecule has 2 aromatic rings. The molecule has 2 aromatic carbocycles. The molecule has 0 aliphatic rings. The SMILES string of the molecule is C.C=C(OS(=O)(=O)c1ccc(C)cc1)C(=O)OCCOCCOCCOC(=O)C(=C)OS(=O)(=O)c1ccc(C)cc1. The molecule has 0 fully saturated rings. The van der Waals surface area contributed by atoms with E-state index in [1.54, 1.807) is 38.1 Å². The van der Waals surface area contributed by atoms with Gasteiger partial charge in [-0.15, -0.1) is 0 Å². The highest BCUT2D eigenvalue weighted by Gasteiger charge is 2.23. The standard InChI is InChI=1S/C26H30O12S2.CH4/c1-19-5-9-23(10-6-19)39(29,30)37-21(3)25(27)35-17-15-33-13-14-34-16-18-36-26(28)22(4)38-40(31,32)24-11-7-20(2)8-12-24;/h5-12H,3-4,13-18H2,1-2H3;1H4. The average Bonchev–Trinajstić information content (AvgIpc) is 2.89. The van der Waals surface area contributed by atoms with Crippen LogP contribution in [0, 0.1) is 13.8 Å². The summed E-state index contributed by atoms with van der Waals surface area (Å²) in [6.45, 7) is 9.93. The van der Waals surface area contributed by atoms with E-state index in [1.807, 2.05) is 0 Å². The molecule has 12 nitrogen and oxygen atoms in total. The second-order valence-corrected chi connectivity index (χ2v) is 11.1. The number of carbonyl (C=O) groups is 2. The summed E-state index contributed by atoms with van der Waals surface area (Å²) >= 11 is 0. The molecule has 0 saturated heterocycles. The predicted octanol–water partition coefficient (Wildman–Crippen LogP) is 3.20. The van der Waals surface area contributed by atoms with Crippen molar-refractivity contribution in [2.24, 2.45) is 0 Å². The molecule has 2 rings (SSSR count). The molecule has 0 aliphatic heterocycles. The smallest absolute Gasteiger partial charge is 0.374 e. The van der Waals surface area contributed by atoms with E-state index in [-0.39, 0.29) is 56.9 Å². The van der Waals surface area contributed by atoms with Crippen molar-refractivity contribution in [3.05, 3.63) is 84.3 Å². The maximum absolute atomic E-state index is 12.2. The summed E-state index contributed by atoms with van der Waals surface area (Å²) in [4.78, 5) is 23.5. The zero-order chi connectivity index (χ0) is 29.8. The van der Waals surface area contributed by atoms with Crippen molar-refractivity contribution < 1.29 is 53.7 Å². The van der Waals surface area contributed by atoms with Gasteiger partial charge in [-0.1, -0.05) is 42.8 Å². The van der Waals surface area contributed by atoms with Gasteiger partial charge in [0.2, 0.25) is 11.5 Å². The van der Waals surface area contributed by atoms with Crippen LogP contribution in [0.15, 0.2) is 83.0 Å². The zero-order valence-corrected chi connectivity index (χ0v) is 23.6. The number of esters is 2. The molecule has 0 aliphatic carbocycles. The van der Waals surface area contributed by atoms with Gasteiger partial charge in [0.25, 0.3) is 0 Å². The minimum Gasteiger partial charge on any atom is -0.457 e. The van der Waals surface area contributed by atoms with Crippen LogP contribution in [0.3, 0.4) is 0 Å². The molecule has 0 amide bonds. The monoisotopic (exact) mass is 614 g/mol. The third kappa shape index (κ3) is 12.1. The first-order valence-corrected chi connectivity index (χ1v) is 14.5. The van der Waals surface area contributed by atoms with Crippen LogP contribution < -0.4 is 0 Å². The highest BCUT2D eigenvalue weighted by Crippen LogP contribution is 2.17. The van der Waals surface area contributed by atoms with Gasteiger partial charge < -0.3 is 27.3 Å². The predicted molar refractivity (Wildman–Crippen MR) is 147 cm³/mol. The van der Waals surface area contributed by atoms with Crippen molar-refractivity contribution in [3.63, 3.8) is 0 Å². The van der Waals surface area contributed by atoms with E-state index < -0.39 is 43.7 Å². The van der Waals surface area contributed by atoms with Crippen molar-refractivity contribution in [2.45, 2.75) is 31.1 Å². The first-order chi connectivity index (χ1) is 18.8. The number of carbonyl (C=O) groups excluding carboxylic acids is 2. The van der Waals surface area contributed by atoms with Crippen LogP contribution in [0.25, 0.3) is 0 Å². The molecule has 0 unspecified atom stereocenters. The van der Waals surface area contributed by atoms with E-state index in [4.69, 9.17) is 27.3 Å². The Bertz CT molecular complexity index is 1290. The number of hydrogen-bond acceptors (Lipinski definition) is 12. The van der Waals surface area contributed by atoms with Gasteiger partial charge in [-0.3, -0.25) is 0 Å². The van der Waals surface area contributed by atoms with Crippen LogP contribution in [-0.4, -0.2) is 68.4 Å². The molecule has 0 heterocycles. The van der Waals surface area contributed by atoms with Gasteiger partial charge in [0, 0.05) is 0 Å². The maximum atomic E-state index is 12.2. The van der Waals surface area contributed by atoms with Gasteiger partial charge >= 0.3 is 32.2 Å². The van der Waals surface area contributed by atoms with Crippen molar-refractivity contribution in [1.29, 1.82) is 0 Å². The van der Waals surface area contributed by atoms with Gasteiger partial charge in [0.1, 0.15) is 23.0 Å². The average molecular weight is 615 g/mol. The molecule has 0 saturated carbocycles. The maximum Gasteiger partial charge on any atom is 0.374 e. The van der Waals surface area contributed by atoms with Crippen LogP contribution in [0.4, 0.5) is 0 Å². The lowest BCUT2D eigenvalue weighted by Crippen LogP contribution is -2.18. The van der Waals surface area contributed by atoms with E-state index in [1.165, 1.54) is 24.3 Å². The fourth-order valence-corrected chi connectivity index (χ4v) is 4.51. The lowest BCUT2D eigenvalue weighted by molar-refractivity contribution is -0.144. The van der Waals surface area contributed by atoms with Gasteiger partial charge in [-0.25, -0.2) is 9.59 Å². The fourth-order valence-electron chi connectivity index (χ4n) is 2.71. The topological polar surface area (TPSA) is 158 Å². The number of hydrogen-bond donors (Lipinski definition) is 0. The number of benzene rings is 2. The van der Waals surface area contributed by atoms with Crippen molar-refractivity contribution in [1.82, 2.24) is 0 Å². The minimum absolute atomic E-state index is 0. The Kier molecular flexibility index (Phi) is 14.2. The lowest BCUT2D eigenvalue weighted by Gasteiger charge is -2.11.